The summed E-state index contributed by atoms with van der Waals surface area (Å²) in [7, 11) is 1.58. The van der Waals surface area contributed by atoms with Gasteiger partial charge in [0.1, 0.15) is 12.3 Å². The zero-order valence-corrected chi connectivity index (χ0v) is 14.9. The summed E-state index contributed by atoms with van der Waals surface area (Å²) >= 11 is 2.29. The van der Waals surface area contributed by atoms with Gasteiger partial charge in [-0.3, -0.25) is 0 Å². The van der Waals surface area contributed by atoms with E-state index in [9.17, 15) is 13.2 Å². The molecular weight excluding hydrogens is 391 g/mol. The normalized spacial score (nSPS) is 11.5. The van der Waals surface area contributed by atoms with Crippen LogP contribution >= 0.6 is 23.1 Å². The predicted octanol–water partition coefficient (Wildman–Crippen LogP) is 3.86. The van der Waals surface area contributed by atoms with Gasteiger partial charge in [-0.15, -0.1) is 10.2 Å². The second-order valence-electron chi connectivity index (χ2n) is 4.87. The number of methoxy groups -OCH3 is 1. The Kier molecular flexibility index (Phi) is 5.61. The highest BCUT2D eigenvalue weighted by Gasteiger charge is 2.27. The van der Waals surface area contributed by atoms with Gasteiger partial charge in [-0.2, -0.15) is 18.2 Å². The molecule has 0 amide bonds. The van der Waals surface area contributed by atoms with Crippen molar-refractivity contribution < 1.29 is 22.4 Å². The Morgan fingerprint density at radius 3 is 2.69 bits per heavy atom. The summed E-state index contributed by atoms with van der Waals surface area (Å²) in [6.45, 7) is -1.15. The van der Waals surface area contributed by atoms with E-state index in [1.54, 1.807) is 31.4 Å². The SMILES string of the molecule is COc1ccc(-c2nc(CSc3nnc(NCC(F)(F)F)s3)no2)cc1. The fourth-order valence-electron chi connectivity index (χ4n) is 1.81. The number of ether oxygens (including phenoxy) is 1. The Morgan fingerprint density at radius 1 is 1.23 bits per heavy atom. The van der Waals surface area contributed by atoms with E-state index < -0.39 is 12.7 Å². The fraction of sp³-hybridized carbons (Fsp3) is 0.286. The maximum Gasteiger partial charge on any atom is 0.405 e. The topological polar surface area (TPSA) is 86.0 Å². The van der Waals surface area contributed by atoms with E-state index in [0.717, 1.165) is 22.6 Å². The third-order valence-electron chi connectivity index (χ3n) is 2.98. The highest BCUT2D eigenvalue weighted by atomic mass is 32.2. The molecule has 0 bridgehead atoms. The van der Waals surface area contributed by atoms with E-state index in [1.165, 1.54) is 11.8 Å². The molecule has 0 aliphatic heterocycles. The molecule has 3 rings (SSSR count). The Hall–Kier alpha value is -2.34. The summed E-state index contributed by atoms with van der Waals surface area (Å²) in [5.74, 6) is 1.89. The van der Waals surface area contributed by atoms with Gasteiger partial charge in [-0.25, -0.2) is 0 Å². The molecule has 0 saturated heterocycles. The fourth-order valence-corrected chi connectivity index (χ4v) is 3.40. The van der Waals surface area contributed by atoms with Gasteiger partial charge in [-0.1, -0.05) is 28.3 Å². The Morgan fingerprint density at radius 2 is 2.00 bits per heavy atom. The number of rotatable bonds is 7. The van der Waals surface area contributed by atoms with Crippen molar-refractivity contribution in [2.45, 2.75) is 16.3 Å². The lowest BCUT2D eigenvalue weighted by atomic mass is 10.2. The van der Waals surface area contributed by atoms with Gasteiger partial charge in [0.15, 0.2) is 10.2 Å². The largest absolute Gasteiger partial charge is 0.497 e. The van der Waals surface area contributed by atoms with Gasteiger partial charge < -0.3 is 14.6 Å². The highest BCUT2D eigenvalue weighted by Crippen LogP contribution is 2.29. The van der Waals surface area contributed by atoms with E-state index >= 15 is 0 Å². The molecule has 0 aliphatic carbocycles. The summed E-state index contributed by atoms with van der Waals surface area (Å²) in [6.07, 6.45) is -4.30. The van der Waals surface area contributed by atoms with Gasteiger partial charge in [-0.05, 0) is 24.3 Å². The minimum absolute atomic E-state index is 0.108. The van der Waals surface area contributed by atoms with Crippen molar-refractivity contribution in [3.8, 4) is 17.2 Å². The number of benzene rings is 1. The minimum Gasteiger partial charge on any atom is -0.497 e. The molecule has 0 fully saturated rings. The quantitative estimate of drug-likeness (QED) is 0.595. The number of nitrogens with zero attached hydrogens (tertiary/aromatic N) is 4. The molecule has 0 saturated carbocycles. The molecule has 7 nitrogen and oxygen atoms in total. The second-order valence-corrected chi connectivity index (χ2v) is 7.07. The van der Waals surface area contributed by atoms with Gasteiger partial charge in [0.2, 0.25) is 5.13 Å². The van der Waals surface area contributed by atoms with Crippen molar-refractivity contribution in [2.24, 2.45) is 0 Å². The second kappa shape index (κ2) is 7.91. The number of hydrogen-bond acceptors (Lipinski definition) is 9. The highest BCUT2D eigenvalue weighted by molar-refractivity contribution is 8.00. The van der Waals surface area contributed by atoms with E-state index in [-0.39, 0.29) is 5.13 Å². The zero-order chi connectivity index (χ0) is 18.6. The van der Waals surface area contributed by atoms with Crippen molar-refractivity contribution in [1.29, 1.82) is 0 Å². The van der Waals surface area contributed by atoms with Crippen LogP contribution in [0, 0.1) is 0 Å². The molecule has 12 heteroatoms. The van der Waals surface area contributed by atoms with Gasteiger partial charge in [0.05, 0.1) is 12.9 Å². The maximum absolute atomic E-state index is 12.2. The average molecular weight is 403 g/mol. The number of hydrogen-bond donors (Lipinski definition) is 1. The molecule has 0 spiro atoms. The lowest BCUT2D eigenvalue weighted by Gasteiger charge is -2.05. The molecule has 0 atom stereocenters. The number of thioether (sulfide) groups is 1. The van der Waals surface area contributed by atoms with E-state index in [2.05, 4.69) is 25.7 Å². The first kappa shape index (κ1) is 18.5. The molecule has 1 aromatic carbocycles. The molecule has 26 heavy (non-hydrogen) atoms. The van der Waals surface area contributed by atoms with Crippen LogP contribution in [0.5, 0.6) is 5.75 Å². The Bertz CT molecular complexity index is 851. The van der Waals surface area contributed by atoms with Crippen LogP contribution in [0.4, 0.5) is 18.3 Å². The number of aromatic nitrogens is 4. The van der Waals surface area contributed by atoms with Crippen molar-refractivity contribution in [1.82, 2.24) is 20.3 Å². The van der Waals surface area contributed by atoms with E-state index in [0.29, 0.717) is 21.8 Å². The van der Waals surface area contributed by atoms with Crippen LogP contribution in [0.1, 0.15) is 5.82 Å². The van der Waals surface area contributed by atoms with Crippen LogP contribution < -0.4 is 10.1 Å². The van der Waals surface area contributed by atoms with Crippen molar-refractivity contribution in [3.63, 3.8) is 0 Å². The molecule has 3 aromatic rings. The lowest BCUT2D eigenvalue weighted by Crippen LogP contribution is -2.21. The summed E-state index contributed by atoms with van der Waals surface area (Å²) in [4.78, 5) is 4.28. The maximum atomic E-state index is 12.2. The molecule has 0 unspecified atom stereocenters. The molecule has 0 aliphatic rings. The molecule has 2 heterocycles. The monoisotopic (exact) mass is 403 g/mol. The molecule has 138 valence electrons. The van der Waals surface area contributed by atoms with Crippen LogP contribution in [0.3, 0.4) is 0 Å². The Labute approximate surface area is 154 Å². The molecular formula is C14H12F3N5O2S2. The summed E-state index contributed by atoms with van der Waals surface area (Å²) in [6, 6.07) is 7.16. The number of nitrogens with one attached hydrogen (secondary N) is 1. The third kappa shape index (κ3) is 5.08. The van der Waals surface area contributed by atoms with Crippen molar-refractivity contribution in [2.75, 3.05) is 19.0 Å². The van der Waals surface area contributed by atoms with E-state index in [4.69, 9.17) is 9.26 Å². The predicted molar refractivity (Wildman–Crippen MR) is 90.3 cm³/mol. The van der Waals surface area contributed by atoms with Crippen LogP contribution in [-0.4, -0.2) is 40.2 Å². The molecule has 2 aromatic heterocycles. The minimum atomic E-state index is -4.30. The third-order valence-corrected chi connectivity index (χ3v) is 4.99. The van der Waals surface area contributed by atoms with Gasteiger partial charge >= 0.3 is 6.18 Å². The smallest absolute Gasteiger partial charge is 0.405 e. The Balaban J connectivity index is 1.55. The number of halogens is 3. The van der Waals surface area contributed by atoms with Crippen LogP contribution in [0.25, 0.3) is 11.5 Å². The van der Waals surface area contributed by atoms with Crippen molar-refractivity contribution >= 4 is 28.2 Å². The van der Waals surface area contributed by atoms with Crippen LogP contribution in [-0.2, 0) is 5.75 Å². The summed E-state index contributed by atoms with van der Waals surface area (Å²) in [5, 5.41) is 13.7. The number of alkyl halides is 3. The van der Waals surface area contributed by atoms with E-state index in [1.807, 2.05) is 0 Å². The van der Waals surface area contributed by atoms with Crippen LogP contribution in [0.2, 0.25) is 0 Å². The first-order valence-electron chi connectivity index (χ1n) is 7.17. The first-order chi connectivity index (χ1) is 12.4. The number of anilines is 1. The first-order valence-corrected chi connectivity index (χ1v) is 8.97. The average Bonchev–Trinajstić information content (AvgIpc) is 3.27. The lowest BCUT2D eigenvalue weighted by molar-refractivity contribution is -0.115. The van der Waals surface area contributed by atoms with Gasteiger partial charge in [0, 0.05) is 5.56 Å². The zero-order valence-electron chi connectivity index (χ0n) is 13.3. The standard InChI is InChI=1S/C14H12F3N5O2S2/c1-23-9-4-2-8(3-5-9)11-19-10(22-24-11)6-25-13-21-20-12(26-13)18-7-14(15,16)17/h2-5H,6-7H2,1H3,(H,18,20). The van der Waals surface area contributed by atoms with Gasteiger partial charge in [0.25, 0.3) is 5.89 Å². The van der Waals surface area contributed by atoms with Crippen LogP contribution in [0.15, 0.2) is 33.1 Å². The summed E-state index contributed by atoms with van der Waals surface area (Å²) in [5.41, 5.74) is 0.754. The summed E-state index contributed by atoms with van der Waals surface area (Å²) < 4.78 is 47.3. The molecule has 1 N–H and O–H groups in total. The molecule has 0 radical (unpaired) electrons. The van der Waals surface area contributed by atoms with Crippen molar-refractivity contribution in [3.05, 3.63) is 30.1 Å².